The summed E-state index contributed by atoms with van der Waals surface area (Å²) >= 11 is 0. The molecule has 0 saturated heterocycles. The summed E-state index contributed by atoms with van der Waals surface area (Å²) in [6.45, 7) is 4.46. The Kier molecular flexibility index (Phi) is 1.80. The maximum atomic E-state index is 5.61. The van der Waals surface area contributed by atoms with Gasteiger partial charge in [-0.3, -0.25) is 0 Å². The van der Waals surface area contributed by atoms with Gasteiger partial charge in [0.15, 0.2) is 0 Å². The molecule has 1 unspecified atom stereocenters. The van der Waals surface area contributed by atoms with Crippen LogP contribution in [-0.4, -0.2) is 11.0 Å². The molecule has 0 aromatic carbocycles. The van der Waals surface area contributed by atoms with Gasteiger partial charge in [0, 0.05) is 6.04 Å². The molecular formula is C10H16N4. The number of nitrogens with two attached hydrogens (primary N) is 2. The topological polar surface area (TPSA) is 77.0 Å². The van der Waals surface area contributed by atoms with Gasteiger partial charge in [-0.15, -0.1) is 0 Å². The molecule has 5 N–H and O–H groups in total. The minimum atomic E-state index is 0.387. The quantitative estimate of drug-likeness (QED) is 0.663. The fraction of sp³-hybridized carbons (Fsp3) is 0.500. The van der Waals surface area contributed by atoms with Gasteiger partial charge >= 0.3 is 0 Å². The van der Waals surface area contributed by atoms with Crippen molar-refractivity contribution in [2.45, 2.75) is 26.3 Å². The van der Waals surface area contributed by atoms with Gasteiger partial charge in [-0.25, -0.2) is 4.98 Å². The average Bonchev–Trinajstić information content (AvgIpc) is 2.67. The van der Waals surface area contributed by atoms with Crippen LogP contribution in [-0.2, 0) is 0 Å². The van der Waals surface area contributed by atoms with Crippen LogP contribution in [0.1, 0.15) is 20.3 Å². The molecule has 0 radical (unpaired) electrons. The molecule has 2 rings (SSSR count). The Morgan fingerprint density at radius 1 is 1.43 bits per heavy atom. The van der Waals surface area contributed by atoms with Gasteiger partial charge in [0.2, 0.25) is 0 Å². The summed E-state index contributed by atoms with van der Waals surface area (Å²) < 4.78 is 0. The average molecular weight is 192 g/mol. The number of aromatic nitrogens is 1. The summed E-state index contributed by atoms with van der Waals surface area (Å²) in [7, 11) is 0. The smallest absolute Gasteiger partial charge is 0.149 e. The summed E-state index contributed by atoms with van der Waals surface area (Å²) in [6.07, 6.45) is 1.18. The second-order valence-electron chi connectivity index (χ2n) is 4.56. The van der Waals surface area contributed by atoms with Crippen LogP contribution < -0.4 is 16.8 Å². The zero-order valence-electron chi connectivity index (χ0n) is 8.54. The van der Waals surface area contributed by atoms with Crippen LogP contribution in [0.2, 0.25) is 0 Å². The van der Waals surface area contributed by atoms with E-state index < -0.39 is 0 Å². The normalized spacial score (nSPS) is 23.1. The third-order valence-corrected chi connectivity index (χ3v) is 2.79. The zero-order chi connectivity index (χ0) is 10.3. The van der Waals surface area contributed by atoms with Gasteiger partial charge in [0.05, 0.1) is 5.69 Å². The minimum Gasteiger partial charge on any atom is -0.396 e. The van der Waals surface area contributed by atoms with Crippen molar-refractivity contribution < 1.29 is 0 Å². The highest BCUT2D eigenvalue weighted by molar-refractivity contribution is 5.62. The van der Waals surface area contributed by atoms with Crippen LogP contribution in [0, 0.1) is 5.41 Å². The van der Waals surface area contributed by atoms with Gasteiger partial charge in [-0.05, 0) is 24.0 Å². The number of hydrogen-bond acceptors (Lipinski definition) is 4. The number of anilines is 3. The highest BCUT2D eigenvalue weighted by Crippen LogP contribution is 2.46. The van der Waals surface area contributed by atoms with Crippen molar-refractivity contribution in [3.05, 3.63) is 12.1 Å². The Hall–Kier alpha value is -1.45. The van der Waals surface area contributed by atoms with Crippen molar-refractivity contribution in [2.75, 3.05) is 16.8 Å². The van der Waals surface area contributed by atoms with Gasteiger partial charge in [-0.1, -0.05) is 13.8 Å². The van der Waals surface area contributed by atoms with E-state index in [0.29, 0.717) is 23.0 Å². The molecule has 1 heterocycles. The Morgan fingerprint density at radius 3 is 2.57 bits per heavy atom. The largest absolute Gasteiger partial charge is 0.396 e. The third-order valence-electron chi connectivity index (χ3n) is 2.79. The van der Waals surface area contributed by atoms with Crippen molar-refractivity contribution in [2.24, 2.45) is 5.41 Å². The number of nitrogens with zero attached hydrogens (tertiary/aromatic N) is 1. The van der Waals surface area contributed by atoms with Crippen molar-refractivity contribution in [3.8, 4) is 0 Å². The predicted molar refractivity (Wildman–Crippen MR) is 58.9 cm³/mol. The highest BCUT2D eigenvalue weighted by Gasteiger charge is 2.45. The molecule has 1 atom stereocenters. The molecule has 1 aromatic rings. The fourth-order valence-corrected chi connectivity index (χ4v) is 1.46. The number of nitrogen functional groups attached to an aromatic ring is 2. The molecule has 0 amide bonds. The molecule has 1 aliphatic rings. The standard InChI is InChI=1S/C10H16N4/c1-10(2)5-7(10)13-8-4-3-6(11)9(12)14-8/h3-4,7H,5,11H2,1-2H3,(H3,12,13,14). The fourth-order valence-electron chi connectivity index (χ4n) is 1.46. The van der Waals surface area contributed by atoms with Crippen LogP contribution in [0.25, 0.3) is 0 Å². The van der Waals surface area contributed by atoms with E-state index in [1.165, 1.54) is 6.42 Å². The van der Waals surface area contributed by atoms with E-state index >= 15 is 0 Å². The van der Waals surface area contributed by atoms with Crippen LogP contribution in [0.4, 0.5) is 17.3 Å². The molecule has 76 valence electrons. The summed E-state index contributed by atoms with van der Waals surface area (Å²) in [6, 6.07) is 4.15. The van der Waals surface area contributed by atoms with E-state index in [0.717, 1.165) is 5.82 Å². The second kappa shape index (κ2) is 2.77. The molecule has 0 bridgehead atoms. The van der Waals surface area contributed by atoms with E-state index in [-0.39, 0.29) is 0 Å². The highest BCUT2D eigenvalue weighted by atomic mass is 15.1. The van der Waals surface area contributed by atoms with Crippen LogP contribution in [0.5, 0.6) is 0 Å². The summed E-state index contributed by atoms with van der Waals surface area (Å²) in [5.41, 5.74) is 12.1. The van der Waals surface area contributed by atoms with Gasteiger partial charge in [0.1, 0.15) is 11.6 Å². The van der Waals surface area contributed by atoms with Crippen molar-refractivity contribution >= 4 is 17.3 Å². The van der Waals surface area contributed by atoms with Crippen LogP contribution in [0.3, 0.4) is 0 Å². The van der Waals surface area contributed by atoms with E-state index in [1.54, 1.807) is 6.07 Å². The zero-order valence-corrected chi connectivity index (χ0v) is 8.54. The summed E-state index contributed by atoms with van der Waals surface area (Å²) in [5, 5.41) is 3.33. The molecule has 1 aliphatic carbocycles. The molecule has 4 nitrogen and oxygen atoms in total. The lowest BCUT2D eigenvalue weighted by molar-refractivity contribution is 0.630. The molecule has 0 spiro atoms. The van der Waals surface area contributed by atoms with Crippen LogP contribution in [0.15, 0.2) is 12.1 Å². The second-order valence-corrected chi connectivity index (χ2v) is 4.56. The first kappa shape index (κ1) is 9.12. The first-order valence-electron chi connectivity index (χ1n) is 4.77. The van der Waals surface area contributed by atoms with Gasteiger partial charge in [0.25, 0.3) is 0 Å². The van der Waals surface area contributed by atoms with Crippen molar-refractivity contribution in [1.82, 2.24) is 4.98 Å². The molecule has 0 aliphatic heterocycles. The summed E-state index contributed by atoms with van der Waals surface area (Å²) in [4.78, 5) is 4.16. The molecule has 1 saturated carbocycles. The lowest BCUT2D eigenvalue weighted by Gasteiger charge is -2.08. The first-order valence-corrected chi connectivity index (χ1v) is 4.77. The van der Waals surface area contributed by atoms with E-state index in [1.807, 2.05) is 6.07 Å². The Labute approximate surface area is 83.7 Å². The Morgan fingerprint density at radius 2 is 2.07 bits per heavy atom. The Balaban J connectivity index is 2.08. The maximum Gasteiger partial charge on any atom is 0.149 e. The molecular weight excluding hydrogens is 176 g/mol. The third kappa shape index (κ3) is 1.60. The van der Waals surface area contributed by atoms with E-state index in [4.69, 9.17) is 11.5 Å². The van der Waals surface area contributed by atoms with Gasteiger partial charge in [-0.2, -0.15) is 0 Å². The predicted octanol–water partition coefficient (Wildman–Crippen LogP) is 1.46. The van der Waals surface area contributed by atoms with Crippen LogP contribution >= 0.6 is 0 Å². The summed E-state index contributed by atoms with van der Waals surface area (Å²) in [5.74, 6) is 1.21. The van der Waals surface area contributed by atoms with Crippen molar-refractivity contribution in [3.63, 3.8) is 0 Å². The minimum absolute atomic E-state index is 0.387. The van der Waals surface area contributed by atoms with E-state index in [2.05, 4.69) is 24.1 Å². The molecule has 14 heavy (non-hydrogen) atoms. The van der Waals surface area contributed by atoms with Gasteiger partial charge < -0.3 is 16.8 Å². The Bertz CT molecular complexity index is 359. The first-order chi connectivity index (χ1) is 6.49. The number of rotatable bonds is 2. The lowest BCUT2D eigenvalue weighted by atomic mass is 10.2. The molecule has 1 fully saturated rings. The monoisotopic (exact) mass is 192 g/mol. The lowest BCUT2D eigenvalue weighted by Crippen LogP contribution is -2.10. The number of nitrogens with one attached hydrogen (secondary N) is 1. The van der Waals surface area contributed by atoms with Crippen molar-refractivity contribution in [1.29, 1.82) is 0 Å². The molecule has 4 heteroatoms. The number of pyridine rings is 1. The SMILES string of the molecule is CC1(C)CC1Nc1ccc(N)c(N)n1. The maximum absolute atomic E-state index is 5.61. The van der Waals surface area contributed by atoms with E-state index in [9.17, 15) is 0 Å². The molecule has 1 aromatic heterocycles. The number of hydrogen-bond donors (Lipinski definition) is 3.